The minimum atomic E-state index is -3.31. The van der Waals surface area contributed by atoms with E-state index in [1.165, 1.54) is 23.4 Å². The Morgan fingerprint density at radius 1 is 1.19 bits per heavy atom. The van der Waals surface area contributed by atoms with Crippen molar-refractivity contribution in [3.05, 3.63) is 0 Å². The second kappa shape index (κ2) is 7.07. The SMILES string of the molecule is C[C@@H](CNC(=O)[C@@H]1CCCCN1S(C)(=O)=O)N1CCCC1. The molecule has 2 heterocycles. The molecule has 2 aliphatic heterocycles. The third-order valence-electron chi connectivity index (χ3n) is 4.52. The highest BCUT2D eigenvalue weighted by Gasteiger charge is 2.34. The van der Waals surface area contributed by atoms with E-state index < -0.39 is 16.1 Å². The summed E-state index contributed by atoms with van der Waals surface area (Å²) in [4.78, 5) is 14.7. The average molecular weight is 317 g/mol. The van der Waals surface area contributed by atoms with E-state index in [0.29, 0.717) is 25.6 Å². The molecule has 0 aromatic rings. The quantitative estimate of drug-likeness (QED) is 0.797. The predicted octanol–water partition coefficient (Wildman–Crippen LogP) is 0.401. The van der Waals surface area contributed by atoms with Crippen LogP contribution in [0.5, 0.6) is 0 Å². The number of sulfonamides is 1. The molecule has 21 heavy (non-hydrogen) atoms. The van der Waals surface area contributed by atoms with Crippen LogP contribution in [0.15, 0.2) is 0 Å². The zero-order chi connectivity index (χ0) is 15.5. The van der Waals surface area contributed by atoms with Gasteiger partial charge in [-0.1, -0.05) is 6.42 Å². The van der Waals surface area contributed by atoms with Crippen molar-refractivity contribution in [3.63, 3.8) is 0 Å². The second-order valence-corrected chi connectivity index (χ2v) is 8.16. The molecule has 2 aliphatic rings. The summed E-state index contributed by atoms with van der Waals surface area (Å²) >= 11 is 0. The Balaban J connectivity index is 1.88. The molecule has 0 bridgehead atoms. The highest BCUT2D eigenvalue weighted by Crippen LogP contribution is 2.20. The monoisotopic (exact) mass is 317 g/mol. The van der Waals surface area contributed by atoms with Gasteiger partial charge in [0.1, 0.15) is 6.04 Å². The molecule has 0 saturated carbocycles. The summed E-state index contributed by atoms with van der Waals surface area (Å²) in [6, 6.07) is -0.216. The van der Waals surface area contributed by atoms with E-state index in [2.05, 4.69) is 17.1 Å². The summed E-state index contributed by atoms with van der Waals surface area (Å²) < 4.78 is 24.9. The van der Waals surface area contributed by atoms with Crippen molar-refractivity contribution in [2.24, 2.45) is 0 Å². The summed E-state index contributed by atoms with van der Waals surface area (Å²) in [6.07, 6.45) is 6.00. The fourth-order valence-corrected chi connectivity index (χ4v) is 4.37. The molecule has 2 atom stereocenters. The van der Waals surface area contributed by atoms with E-state index in [4.69, 9.17) is 0 Å². The molecule has 0 unspecified atom stereocenters. The summed E-state index contributed by atoms with van der Waals surface area (Å²) in [7, 11) is -3.31. The second-order valence-electron chi connectivity index (χ2n) is 6.22. The fraction of sp³-hybridized carbons (Fsp3) is 0.929. The standard InChI is InChI=1S/C14H27N3O3S/c1-12(16-8-5-6-9-16)11-15-14(18)13-7-3-4-10-17(13)21(2,19)20/h12-13H,3-11H2,1-2H3,(H,15,18)/t12-,13-/m0/s1. The smallest absolute Gasteiger partial charge is 0.238 e. The van der Waals surface area contributed by atoms with E-state index in [9.17, 15) is 13.2 Å². The number of carbonyl (C=O) groups excluding carboxylic acids is 1. The van der Waals surface area contributed by atoms with Crippen molar-refractivity contribution in [2.45, 2.75) is 51.1 Å². The van der Waals surface area contributed by atoms with Gasteiger partial charge in [0.05, 0.1) is 6.26 Å². The Hall–Kier alpha value is -0.660. The number of amides is 1. The highest BCUT2D eigenvalue weighted by atomic mass is 32.2. The van der Waals surface area contributed by atoms with Gasteiger partial charge in [-0.05, 0) is 45.7 Å². The molecule has 122 valence electrons. The van der Waals surface area contributed by atoms with Crippen molar-refractivity contribution in [1.82, 2.24) is 14.5 Å². The van der Waals surface area contributed by atoms with Crippen LogP contribution in [0.25, 0.3) is 0 Å². The maximum atomic E-state index is 12.3. The minimum Gasteiger partial charge on any atom is -0.353 e. The third kappa shape index (κ3) is 4.40. The van der Waals surface area contributed by atoms with Crippen LogP contribution in [0.1, 0.15) is 39.0 Å². The number of nitrogens with one attached hydrogen (secondary N) is 1. The fourth-order valence-electron chi connectivity index (χ4n) is 3.24. The third-order valence-corrected chi connectivity index (χ3v) is 5.81. The molecule has 1 N–H and O–H groups in total. The molecule has 2 fully saturated rings. The number of nitrogens with zero attached hydrogens (tertiary/aromatic N) is 2. The Bertz CT molecular complexity index is 460. The normalized spacial score (nSPS) is 26.7. The van der Waals surface area contributed by atoms with Gasteiger partial charge in [-0.2, -0.15) is 4.31 Å². The van der Waals surface area contributed by atoms with Crippen LogP contribution in [0, 0.1) is 0 Å². The topological polar surface area (TPSA) is 69.7 Å². The number of carbonyl (C=O) groups is 1. The first-order valence-corrected chi connectivity index (χ1v) is 9.73. The lowest BCUT2D eigenvalue weighted by molar-refractivity contribution is -0.125. The highest BCUT2D eigenvalue weighted by molar-refractivity contribution is 7.88. The molecule has 0 aromatic carbocycles. The van der Waals surface area contributed by atoms with Gasteiger partial charge in [-0.25, -0.2) is 8.42 Å². The van der Waals surface area contributed by atoms with Crippen LogP contribution in [-0.2, 0) is 14.8 Å². The number of hydrogen-bond donors (Lipinski definition) is 1. The molecular weight excluding hydrogens is 290 g/mol. The molecule has 6 nitrogen and oxygen atoms in total. The number of rotatable bonds is 5. The predicted molar refractivity (Wildman–Crippen MR) is 82.5 cm³/mol. The van der Waals surface area contributed by atoms with Gasteiger partial charge in [0.25, 0.3) is 0 Å². The Labute approximate surface area is 127 Å². The van der Waals surface area contributed by atoms with Crippen molar-refractivity contribution in [3.8, 4) is 0 Å². The largest absolute Gasteiger partial charge is 0.353 e. The van der Waals surface area contributed by atoms with E-state index in [-0.39, 0.29) is 5.91 Å². The summed E-state index contributed by atoms with van der Waals surface area (Å²) in [5.74, 6) is -0.147. The lowest BCUT2D eigenvalue weighted by atomic mass is 10.0. The van der Waals surface area contributed by atoms with E-state index in [0.717, 1.165) is 25.9 Å². The van der Waals surface area contributed by atoms with Gasteiger partial charge in [-0.15, -0.1) is 0 Å². The summed E-state index contributed by atoms with van der Waals surface area (Å²) in [5.41, 5.74) is 0. The van der Waals surface area contributed by atoms with Gasteiger partial charge < -0.3 is 5.32 Å². The van der Waals surface area contributed by atoms with Crippen molar-refractivity contribution in [2.75, 3.05) is 32.4 Å². The molecule has 7 heteroatoms. The molecule has 2 rings (SSSR count). The van der Waals surface area contributed by atoms with Crippen LogP contribution < -0.4 is 5.32 Å². The Kier molecular flexibility index (Phi) is 5.62. The van der Waals surface area contributed by atoms with Gasteiger partial charge >= 0.3 is 0 Å². The van der Waals surface area contributed by atoms with Gasteiger partial charge in [0.15, 0.2) is 0 Å². The van der Waals surface area contributed by atoms with Crippen molar-refractivity contribution >= 4 is 15.9 Å². The van der Waals surface area contributed by atoms with Crippen LogP contribution in [0.3, 0.4) is 0 Å². The lowest BCUT2D eigenvalue weighted by Gasteiger charge is -2.33. The minimum absolute atomic E-state index is 0.147. The maximum Gasteiger partial charge on any atom is 0.238 e. The summed E-state index contributed by atoms with van der Waals surface area (Å²) in [6.45, 7) is 5.35. The molecule has 0 spiro atoms. The molecular formula is C14H27N3O3S. The van der Waals surface area contributed by atoms with Crippen LogP contribution in [0.2, 0.25) is 0 Å². The van der Waals surface area contributed by atoms with E-state index in [1.54, 1.807) is 0 Å². The zero-order valence-corrected chi connectivity index (χ0v) is 13.9. The van der Waals surface area contributed by atoms with Gasteiger partial charge in [-0.3, -0.25) is 9.69 Å². The van der Waals surface area contributed by atoms with Gasteiger partial charge in [0.2, 0.25) is 15.9 Å². The molecule has 1 amide bonds. The Morgan fingerprint density at radius 2 is 1.81 bits per heavy atom. The molecule has 0 aromatic heterocycles. The van der Waals surface area contributed by atoms with Crippen molar-refractivity contribution < 1.29 is 13.2 Å². The Morgan fingerprint density at radius 3 is 2.43 bits per heavy atom. The first kappa shape index (κ1) is 16.7. The van der Waals surface area contributed by atoms with Crippen molar-refractivity contribution in [1.29, 1.82) is 0 Å². The molecule has 0 aliphatic carbocycles. The van der Waals surface area contributed by atoms with Crippen LogP contribution in [0.4, 0.5) is 0 Å². The molecule has 0 radical (unpaired) electrons. The zero-order valence-electron chi connectivity index (χ0n) is 13.0. The van der Waals surface area contributed by atoms with E-state index >= 15 is 0 Å². The maximum absolute atomic E-state index is 12.3. The lowest BCUT2D eigenvalue weighted by Crippen LogP contribution is -2.53. The van der Waals surface area contributed by atoms with E-state index in [1.807, 2.05) is 0 Å². The van der Waals surface area contributed by atoms with Crippen LogP contribution in [-0.4, -0.2) is 68.0 Å². The van der Waals surface area contributed by atoms with Gasteiger partial charge in [0, 0.05) is 19.1 Å². The average Bonchev–Trinajstić information content (AvgIpc) is 2.97. The first-order valence-electron chi connectivity index (χ1n) is 7.88. The molecule has 2 saturated heterocycles. The summed E-state index contributed by atoms with van der Waals surface area (Å²) in [5, 5.41) is 2.94. The first-order chi connectivity index (χ1) is 9.89. The van der Waals surface area contributed by atoms with Crippen LogP contribution >= 0.6 is 0 Å². The number of likely N-dealkylation sites (tertiary alicyclic amines) is 1. The number of piperidine rings is 1. The number of hydrogen-bond acceptors (Lipinski definition) is 4.